The zero-order valence-electron chi connectivity index (χ0n) is 13.6. The van der Waals surface area contributed by atoms with Gasteiger partial charge in [0.25, 0.3) is 0 Å². The van der Waals surface area contributed by atoms with E-state index in [0.29, 0.717) is 5.82 Å². The highest BCUT2D eigenvalue weighted by Gasteiger charge is 2.37. The lowest BCUT2D eigenvalue weighted by Crippen LogP contribution is -2.30. The quantitative estimate of drug-likeness (QED) is 0.680. The molecule has 126 valence electrons. The molecule has 1 aliphatic rings. The fourth-order valence-electron chi connectivity index (χ4n) is 2.90. The van der Waals surface area contributed by atoms with Crippen LogP contribution >= 0.6 is 0 Å². The Bertz CT molecular complexity index is 894. The first kappa shape index (κ1) is 15.3. The van der Waals surface area contributed by atoms with E-state index in [1.807, 2.05) is 61.5 Å². The molecule has 7 nitrogen and oxygen atoms in total. The van der Waals surface area contributed by atoms with Gasteiger partial charge in [-0.2, -0.15) is 4.68 Å². The monoisotopic (exact) mass is 336 g/mol. The van der Waals surface area contributed by atoms with Gasteiger partial charge in [0.2, 0.25) is 6.10 Å². The molecule has 4 rings (SSSR count). The highest BCUT2D eigenvalue weighted by molar-refractivity contribution is 5.78. The molecule has 3 aromatic rings. The molecule has 0 aliphatic carbocycles. The number of carbonyl (C=O) groups is 1. The van der Waals surface area contributed by atoms with Crippen LogP contribution in [0.25, 0.3) is 5.69 Å². The van der Waals surface area contributed by atoms with Crippen molar-refractivity contribution in [1.82, 2.24) is 20.2 Å². The van der Waals surface area contributed by atoms with E-state index in [1.54, 1.807) is 4.68 Å². The Balaban J connectivity index is 1.45. The van der Waals surface area contributed by atoms with Crippen LogP contribution in [0.3, 0.4) is 0 Å². The van der Waals surface area contributed by atoms with Gasteiger partial charge < -0.3 is 9.47 Å². The number of hydrogen-bond donors (Lipinski definition) is 0. The van der Waals surface area contributed by atoms with Crippen molar-refractivity contribution in [3.05, 3.63) is 66.0 Å². The number of nitrogens with zero attached hydrogens (tertiary/aromatic N) is 4. The van der Waals surface area contributed by atoms with Crippen molar-refractivity contribution in [1.29, 1.82) is 0 Å². The summed E-state index contributed by atoms with van der Waals surface area (Å²) >= 11 is 0. The lowest BCUT2D eigenvalue weighted by Gasteiger charge is -2.14. The van der Waals surface area contributed by atoms with Gasteiger partial charge in [0.15, 0.2) is 12.4 Å². The Hall–Kier alpha value is -3.22. The van der Waals surface area contributed by atoms with Crippen molar-refractivity contribution in [3.8, 4) is 11.4 Å². The molecule has 0 unspecified atom stereocenters. The number of rotatable bonds is 4. The summed E-state index contributed by atoms with van der Waals surface area (Å²) in [6, 6.07) is 17.1. The summed E-state index contributed by atoms with van der Waals surface area (Å²) in [7, 11) is 0. The van der Waals surface area contributed by atoms with E-state index < -0.39 is 12.1 Å². The van der Waals surface area contributed by atoms with E-state index in [-0.39, 0.29) is 12.5 Å². The molecule has 0 fully saturated rings. The molecule has 0 amide bonds. The maximum Gasteiger partial charge on any atom is 0.348 e. The summed E-state index contributed by atoms with van der Waals surface area (Å²) in [6.07, 6.45) is -0.654. The molecule has 1 aromatic heterocycles. The summed E-state index contributed by atoms with van der Waals surface area (Å²) in [6.45, 7) is 1.93. The third-order valence-electron chi connectivity index (χ3n) is 4.23. The van der Waals surface area contributed by atoms with Gasteiger partial charge in [-0.1, -0.05) is 43.3 Å². The molecule has 7 heteroatoms. The van der Waals surface area contributed by atoms with E-state index >= 15 is 0 Å². The van der Waals surface area contributed by atoms with Crippen LogP contribution < -0.4 is 4.74 Å². The normalized spacial score (nSPS) is 18.4. The number of fused-ring (bicyclic) bond motifs is 1. The first-order chi connectivity index (χ1) is 12.2. The van der Waals surface area contributed by atoms with Gasteiger partial charge in [-0.15, -0.1) is 5.10 Å². The first-order valence-corrected chi connectivity index (χ1v) is 7.99. The lowest BCUT2D eigenvalue weighted by atomic mass is 9.98. The van der Waals surface area contributed by atoms with Gasteiger partial charge in [0, 0.05) is 11.5 Å². The Morgan fingerprint density at radius 3 is 2.72 bits per heavy atom. The molecule has 0 N–H and O–H groups in total. The largest absolute Gasteiger partial charge is 0.478 e. The second kappa shape index (κ2) is 6.35. The van der Waals surface area contributed by atoms with Crippen molar-refractivity contribution in [2.75, 3.05) is 0 Å². The van der Waals surface area contributed by atoms with Crippen molar-refractivity contribution < 1.29 is 14.3 Å². The fourth-order valence-corrected chi connectivity index (χ4v) is 2.90. The van der Waals surface area contributed by atoms with Gasteiger partial charge in [-0.3, -0.25) is 0 Å². The summed E-state index contributed by atoms with van der Waals surface area (Å²) in [4.78, 5) is 12.4. The summed E-state index contributed by atoms with van der Waals surface area (Å²) < 4.78 is 12.7. The van der Waals surface area contributed by atoms with Crippen LogP contribution in [0.2, 0.25) is 0 Å². The zero-order valence-corrected chi connectivity index (χ0v) is 13.6. The number of para-hydroxylation sites is 2. The number of esters is 1. The van der Waals surface area contributed by atoms with Crippen LogP contribution in [0.15, 0.2) is 54.6 Å². The Morgan fingerprint density at radius 2 is 1.92 bits per heavy atom. The average molecular weight is 336 g/mol. The van der Waals surface area contributed by atoms with Gasteiger partial charge in [0.1, 0.15) is 5.75 Å². The van der Waals surface area contributed by atoms with Crippen LogP contribution in [0.1, 0.15) is 24.2 Å². The molecular weight excluding hydrogens is 320 g/mol. The third kappa shape index (κ3) is 2.84. The number of hydrogen-bond acceptors (Lipinski definition) is 6. The summed E-state index contributed by atoms with van der Waals surface area (Å²) in [5, 5.41) is 11.5. The summed E-state index contributed by atoms with van der Waals surface area (Å²) in [5.41, 5.74) is 1.81. The standard InChI is InChI=1S/C18H16N4O3/c1-12-14-9-5-6-10-15(14)25-17(12)18(23)24-11-16-19-20-21-22(16)13-7-3-2-4-8-13/h2-10,12,17H,11H2,1H3/t12-,17+/m1/s1. The van der Waals surface area contributed by atoms with Crippen LogP contribution in [-0.4, -0.2) is 32.3 Å². The molecule has 0 bridgehead atoms. The highest BCUT2D eigenvalue weighted by Crippen LogP contribution is 2.38. The SMILES string of the molecule is C[C@@H]1c2ccccc2O[C@@H]1C(=O)OCc1nnnn1-c1ccccc1. The second-order valence-corrected chi connectivity index (χ2v) is 5.82. The van der Waals surface area contributed by atoms with Crippen LogP contribution in [0.5, 0.6) is 5.75 Å². The Kier molecular flexibility index (Phi) is 3.89. The maximum atomic E-state index is 12.4. The van der Waals surface area contributed by atoms with E-state index in [9.17, 15) is 4.79 Å². The molecule has 0 saturated heterocycles. The van der Waals surface area contributed by atoms with Crippen LogP contribution in [0, 0.1) is 0 Å². The minimum Gasteiger partial charge on any atom is -0.478 e. The number of ether oxygens (including phenoxy) is 2. The lowest BCUT2D eigenvalue weighted by molar-refractivity contribution is -0.153. The van der Waals surface area contributed by atoms with Crippen LogP contribution in [0.4, 0.5) is 0 Å². The molecule has 25 heavy (non-hydrogen) atoms. The predicted octanol–water partition coefficient (Wildman–Crippen LogP) is 2.27. The number of benzene rings is 2. The molecule has 1 aliphatic heterocycles. The third-order valence-corrected chi connectivity index (χ3v) is 4.23. The topological polar surface area (TPSA) is 79.1 Å². The highest BCUT2D eigenvalue weighted by atomic mass is 16.6. The van der Waals surface area contributed by atoms with E-state index in [0.717, 1.165) is 17.0 Å². The maximum absolute atomic E-state index is 12.4. The van der Waals surface area contributed by atoms with Gasteiger partial charge in [-0.25, -0.2) is 4.79 Å². The molecule has 2 heterocycles. The average Bonchev–Trinajstić information content (AvgIpc) is 3.25. The van der Waals surface area contributed by atoms with E-state index in [4.69, 9.17) is 9.47 Å². The molecule has 2 aromatic carbocycles. The molecule has 0 radical (unpaired) electrons. The smallest absolute Gasteiger partial charge is 0.348 e. The molecular formula is C18H16N4O3. The minimum absolute atomic E-state index is 0.0242. The van der Waals surface area contributed by atoms with Crippen molar-refractivity contribution in [2.24, 2.45) is 0 Å². The number of carbonyl (C=O) groups excluding carboxylic acids is 1. The Morgan fingerprint density at radius 1 is 1.16 bits per heavy atom. The van der Waals surface area contributed by atoms with Gasteiger partial charge in [-0.05, 0) is 28.6 Å². The fraction of sp³-hybridized carbons (Fsp3) is 0.222. The second-order valence-electron chi connectivity index (χ2n) is 5.82. The van der Waals surface area contributed by atoms with E-state index in [1.165, 1.54) is 0 Å². The van der Waals surface area contributed by atoms with E-state index in [2.05, 4.69) is 15.5 Å². The molecule has 0 saturated carbocycles. The number of aromatic nitrogens is 4. The van der Waals surface area contributed by atoms with Gasteiger partial charge >= 0.3 is 5.97 Å². The minimum atomic E-state index is -0.654. The molecule has 2 atom stereocenters. The number of tetrazole rings is 1. The van der Waals surface area contributed by atoms with Crippen molar-refractivity contribution in [3.63, 3.8) is 0 Å². The zero-order chi connectivity index (χ0) is 17.2. The summed E-state index contributed by atoms with van der Waals surface area (Å²) in [5.74, 6) is 0.689. The van der Waals surface area contributed by atoms with Crippen LogP contribution in [-0.2, 0) is 16.1 Å². The van der Waals surface area contributed by atoms with Crippen molar-refractivity contribution in [2.45, 2.75) is 25.6 Å². The van der Waals surface area contributed by atoms with Crippen molar-refractivity contribution >= 4 is 5.97 Å². The first-order valence-electron chi connectivity index (χ1n) is 7.99. The molecule has 0 spiro atoms. The Labute approximate surface area is 144 Å². The van der Waals surface area contributed by atoms with Gasteiger partial charge in [0.05, 0.1) is 5.69 Å². The predicted molar refractivity (Wildman–Crippen MR) is 88.2 cm³/mol.